The van der Waals surface area contributed by atoms with Crippen molar-refractivity contribution in [2.45, 2.75) is 6.54 Å². The minimum atomic E-state index is 0.806. The maximum absolute atomic E-state index is 4.21. The van der Waals surface area contributed by atoms with E-state index in [1.807, 2.05) is 37.8 Å². The van der Waals surface area contributed by atoms with E-state index in [-0.39, 0.29) is 0 Å². The molecule has 2 aromatic rings. The van der Waals surface area contributed by atoms with Gasteiger partial charge in [-0.3, -0.25) is 4.68 Å². The highest BCUT2D eigenvalue weighted by Crippen LogP contribution is 2.04. The van der Waals surface area contributed by atoms with Crippen LogP contribution in [0.3, 0.4) is 0 Å². The van der Waals surface area contributed by atoms with Crippen LogP contribution < -0.4 is 5.32 Å². The molecule has 0 spiro atoms. The summed E-state index contributed by atoms with van der Waals surface area (Å²) in [5.74, 6) is 0.906. The summed E-state index contributed by atoms with van der Waals surface area (Å²) < 4.78 is 1.78. The van der Waals surface area contributed by atoms with Crippen molar-refractivity contribution in [3.05, 3.63) is 36.3 Å². The molecule has 0 aliphatic rings. The number of rotatable bonds is 3. The number of aryl methyl sites for hydroxylation is 1. The smallest absolute Gasteiger partial charge is 0.148 e. The number of anilines is 1. The van der Waals surface area contributed by atoms with Gasteiger partial charge < -0.3 is 10.3 Å². The molecule has 4 nitrogen and oxygen atoms in total. The Morgan fingerprint density at radius 3 is 3.08 bits per heavy atom. The van der Waals surface area contributed by atoms with Crippen LogP contribution >= 0.6 is 0 Å². The van der Waals surface area contributed by atoms with Crippen molar-refractivity contribution >= 4 is 5.82 Å². The molecule has 0 unspecified atom stereocenters. The van der Waals surface area contributed by atoms with Crippen molar-refractivity contribution in [2.24, 2.45) is 7.05 Å². The van der Waals surface area contributed by atoms with Gasteiger partial charge in [0.25, 0.3) is 0 Å². The normalized spacial score (nSPS) is 10.2. The van der Waals surface area contributed by atoms with Crippen LogP contribution in [0.25, 0.3) is 0 Å². The topological polar surface area (TPSA) is 45.6 Å². The number of aromatic nitrogens is 3. The molecule has 2 N–H and O–H groups in total. The van der Waals surface area contributed by atoms with E-state index >= 15 is 0 Å². The number of hydrogen-bond acceptors (Lipinski definition) is 2. The molecule has 2 rings (SSSR count). The van der Waals surface area contributed by atoms with Gasteiger partial charge in [0.2, 0.25) is 0 Å². The lowest BCUT2D eigenvalue weighted by atomic mass is 10.3. The standard InChI is InChI=1S/C9H12N4/c1-13-5-3-9(12-13)11-7-8-2-4-10-6-8/h2-6,10H,7H2,1H3,(H,11,12). The van der Waals surface area contributed by atoms with Gasteiger partial charge in [0.15, 0.2) is 0 Å². The summed E-state index contributed by atoms with van der Waals surface area (Å²) in [4.78, 5) is 3.01. The summed E-state index contributed by atoms with van der Waals surface area (Å²) in [5, 5.41) is 7.42. The predicted octanol–water partition coefficient (Wildman–Crippen LogP) is 1.36. The minimum absolute atomic E-state index is 0.806. The zero-order chi connectivity index (χ0) is 9.10. The number of hydrogen-bond donors (Lipinski definition) is 2. The monoisotopic (exact) mass is 176 g/mol. The highest BCUT2D eigenvalue weighted by molar-refractivity contribution is 5.33. The van der Waals surface area contributed by atoms with Crippen molar-refractivity contribution in [1.82, 2.24) is 14.8 Å². The molecule has 13 heavy (non-hydrogen) atoms. The fourth-order valence-electron chi connectivity index (χ4n) is 1.17. The lowest BCUT2D eigenvalue weighted by Gasteiger charge is -1.98. The average molecular weight is 176 g/mol. The number of aromatic amines is 1. The molecule has 0 aliphatic heterocycles. The Morgan fingerprint density at radius 1 is 1.54 bits per heavy atom. The van der Waals surface area contributed by atoms with Crippen LogP contribution in [0.1, 0.15) is 5.56 Å². The third kappa shape index (κ3) is 1.90. The Hall–Kier alpha value is -1.71. The highest BCUT2D eigenvalue weighted by Gasteiger charge is 1.95. The number of H-pyrrole nitrogens is 1. The fraction of sp³-hybridized carbons (Fsp3) is 0.222. The van der Waals surface area contributed by atoms with E-state index in [1.165, 1.54) is 5.56 Å². The van der Waals surface area contributed by atoms with Crippen LogP contribution in [-0.4, -0.2) is 14.8 Å². The third-order valence-corrected chi connectivity index (χ3v) is 1.85. The van der Waals surface area contributed by atoms with Gasteiger partial charge in [-0.15, -0.1) is 0 Å². The quantitative estimate of drug-likeness (QED) is 0.741. The predicted molar refractivity (Wildman–Crippen MR) is 51.3 cm³/mol. The maximum Gasteiger partial charge on any atom is 0.148 e. The number of nitrogens with zero attached hydrogens (tertiary/aromatic N) is 2. The van der Waals surface area contributed by atoms with Gasteiger partial charge in [0.1, 0.15) is 5.82 Å². The van der Waals surface area contributed by atoms with Crippen LogP contribution in [0.4, 0.5) is 5.82 Å². The van der Waals surface area contributed by atoms with Crippen LogP contribution in [-0.2, 0) is 13.6 Å². The van der Waals surface area contributed by atoms with Gasteiger partial charge in [-0.05, 0) is 11.6 Å². The Labute approximate surface area is 76.6 Å². The van der Waals surface area contributed by atoms with Crippen LogP contribution in [0.2, 0.25) is 0 Å². The summed E-state index contributed by atoms with van der Waals surface area (Å²) in [7, 11) is 1.90. The van der Waals surface area contributed by atoms with E-state index in [1.54, 1.807) is 4.68 Å². The van der Waals surface area contributed by atoms with Gasteiger partial charge in [-0.25, -0.2) is 0 Å². The Kier molecular flexibility index (Phi) is 2.04. The molecule has 0 saturated heterocycles. The summed E-state index contributed by atoms with van der Waals surface area (Å²) in [6.07, 6.45) is 5.80. The molecule has 4 heteroatoms. The molecule has 0 radical (unpaired) electrons. The van der Waals surface area contributed by atoms with Gasteiger partial charge in [-0.2, -0.15) is 5.10 Å². The summed E-state index contributed by atoms with van der Waals surface area (Å²) in [6, 6.07) is 3.99. The molecule has 2 aromatic heterocycles. The van der Waals surface area contributed by atoms with Crippen molar-refractivity contribution in [3.8, 4) is 0 Å². The van der Waals surface area contributed by atoms with E-state index in [0.29, 0.717) is 0 Å². The van der Waals surface area contributed by atoms with Gasteiger partial charge in [-0.1, -0.05) is 0 Å². The molecule has 0 aromatic carbocycles. The highest BCUT2D eigenvalue weighted by atomic mass is 15.3. The van der Waals surface area contributed by atoms with Crippen molar-refractivity contribution in [2.75, 3.05) is 5.32 Å². The summed E-state index contributed by atoms with van der Waals surface area (Å²) in [5.41, 5.74) is 1.23. The molecule has 68 valence electrons. The summed E-state index contributed by atoms with van der Waals surface area (Å²) >= 11 is 0. The average Bonchev–Trinajstić information content (AvgIpc) is 2.71. The molecule has 0 atom stereocenters. The van der Waals surface area contributed by atoms with E-state index < -0.39 is 0 Å². The van der Waals surface area contributed by atoms with Gasteiger partial charge >= 0.3 is 0 Å². The first kappa shape index (κ1) is 7.91. The molecule has 0 saturated carbocycles. The van der Waals surface area contributed by atoms with Crippen LogP contribution in [0, 0.1) is 0 Å². The molecular weight excluding hydrogens is 164 g/mol. The zero-order valence-corrected chi connectivity index (χ0v) is 7.49. The lowest BCUT2D eigenvalue weighted by molar-refractivity contribution is 0.768. The SMILES string of the molecule is Cn1ccc(NCc2cc[nH]c2)n1. The van der Waals surface area contributed by atoms with Crippen LogP contribution in [0.15, 0.2) is 30.7 Å². The number of nitrogens with one attached hydrogen (secondary N) is 2. The molecule has 0 amide bonds. The first-order valence-corrected chi connectivity index (χ1v) is 4.20. The largest absolute Gasteiger partial charge is 0.367 e. The second kappa shape index (κ2) is 3.35. The molecule has 0 fully saturated rings. The molecule has 0 aliphatic carbocycles. The second-order valence-electron chi connectivity index (χ2n) is 2.95. The minimum Gasteiger partial charge on any atom is -0.367 e. The first-order valence-electron chi connectivity index (χ1n) is 4.20. The second-order valence-corrected chi connectivity index (χ2v) is 2.95. The Bertz CT molecular complexity index is 361. The van der Waals surface area contributed by atoms with Crippen molar-refractivity contribution in [1.29, 1.82) is 0 Å². The van der Waals surface area contributed by atoms with Crippen molar-refractivity contribution in [3.63, 3.8) is 0 Å². The van der Waals surface area contributed by atoms with E-state index in [2.05, 4.69) is 15.4 Å². The Morgan fingerprint density at radius 2 is 2.46 bits per heavy atom. The molecule has 0 bridgehead atoms. The van der Waals surface area contributed by atoms with Gasteiger partial charge in [0.05, 0.1) is 0 Å². The van der Waals surface area contributed by atoms with E-state index in [9.17, 15) is 0 Å². The summed E-state index contributed by atoms with van der Waals surface area (Å²) in [6.45, 7) is 0.806. The molecular formula is C9H12N4. The van der Waals surface area contributed by atoms with Gasteiger partial charge in [0, 0.05) is 38.2 Å². The zero-order valence-electron chi connectivity index (χ0n) is 7.49. The van der Waals surface area contributed by atoms with E-state index in [0.717, 1.165) is 12.4 Å². The molecule has 2 heterocycles. The Balaban J connectivity index is 1.93. The first-order chi connectivity index (χ1) is 6.34. The van der Waals surface area contributed by atoms with E-state index in [4.69, 9.17) is 0 Å². The van der Waals surface area contributed by atoms with Crippen molar-refractivity contribution < 1.29 is 0 Å². The third-order valence-electron chi connectivity index (χ3n) is 1.85. The maximum atomic E-state index is 4.21. The fourth-order valence-corrected chi connectivity index (χ4v) is 1.17. The van der Waals surface area contributed by atoms with Crippen LogP contribution in [0.5, 0.6) is 0 Å². The lowest BCUT2D eigenvalue weighted by Crippen LogP contribution is -1.99.